The molecule has 0 aromatic heterocycles. The summed E-state index contributed by atoms with van der Waals surface area (Å²) in [7, 11) is -3.62. The second kappa shape index (κ2) is 15.1. The normalized spacial score (nSPS) is 13.5. The summed E-state index contributed by atoms with van der Waals surface area (Å²) in [5.41, 5.74) is 0. The number of alkyl carbamates (subject to hydrolysis) is 1. The fraction of sp³-hybridized carbons (Fsp3) is 0.933. The Labute approximate surface area is 145 Å². The van der Waals surface area contributed by atoms with E-state index in [9.17, 15) is 9.00 Å². The van der Waals surface area contributed by atoms with Crippen LogP contribution in [0.5, 0.6) is 0 Å². The van der Waals surface area contributed by atoms with Crippen LogP contribution in [-0.4, -0.2) is 34.6 Å². The van der Waals surface area contributed by atoms with E-state index in [0.29, 0.717) is 6.61 Å². The first-order chi connectivity index (χ1) is 11.0. The van der Waals surface area contributed by atoms with Crippen LogP contribution < -0.4 is 5.32 Å². The van der Waals surface area contributed by atoms with Crippen LogP contribution in [0.15, 0.2) is 0 Å². The second-order valence-electron chi connectivity index (χ2n) is 5.49. The molecule has 0 aliphatic carbocycles. The molecular weight excluding hydrogens is 338 g/mol. The van der Waals surface area contributed by atoms with Gasteiger partial charge >= 0.3 is 6.09 Å². The Kier molecular flexibility index (Phi) is 14.8. The minimum atomic E-state index is -3.62. The Bertz CT molecular complexity index is 387. The van der Waals surface area contributed by atoms with Gasteiger partial charge in [-0.1, -0.05) is 64.7 Å². The van der Waals surface area contributed by atoms with Crippen molar-refractivity contribution < 1.29 is 22.5 Å². The summed E-state index contributed by atoms with van der Waals surface area (Å²) in [5.74, 6) is 0. The summed E-state index contributed by atoms with van der Waals surface area (Å²) in [6.07, 6.45) is 11.8. The van der Waals surface area contributed by atoms with Gasteiger partial charge in [0.2, 0.25) is 0 Å². The Hall–Kier alpha value is -0.440. The average Bonchev–Trinajstić information content (AvgIpc) is 2.48. The van der Waals surface area contributed by atoms with Crippen molar-refractivity contribution in [1.82, 2.24) is 5.32 Å². The van der Waals surface area contributed by atoms with Crippen LogP contribution in [-0.2, 0) is 29.2 Å². The zero-order chi connectivity index (χ0) is 17.4. The van der Waals surface area contributed by atoms with E-state index in [1.54, 1.807) is 0 Å². The second-order valence-corrected chi connectivity index (χ2v) is 7.85. The maximum atomic E-state index is 11.3. The first-order valence-corrected chi connectivity index (χ1v) is 10.8. The molecule has 8 heteroatoms. The number of carbonyl (C=O) groups is 1. The van der Waals surface area contributed by atoms with Gasteiger partial charge in [0, 0.05) is 17.7 Å². The van der Waals surface area contributed by atoms with Crippen molar-refractivity contribution in [2.24, 2.45) is 0 Å². The highest BCUT2D eigenvalue weighted by Gasteiger charge is 2.03. The van der Waals surface area contributed by atoms with Crippen molar-refractivity contribution in [2.45, 2.75) is 71.1 Å². The van der Waals surface area contributed by atoms with Gasteiger partial charge < -0.3 is 10.1 Å². The molecule has 0 bridgehead atoms. The zero-order valence-corrected chi connectivity index (χ0v) is 15.7. The molecule has 0 saturated carbocycles. The first-order valence-electron chi connectivity index (χ1n) is 8.48. The van der Waals surface area contributed by atoms with Crippen LogP contribution >= 0.6 is 0 Å². The number of carbonyl (C=O) groups excluding carboxylic acids is 1. The van der Waals surface area contributed by atoms with Crippen LogP contribution in [0, 0.1) is 0 Å². The lowest BCUT2D eigenvalue weighted by molar-refractivity contribution is 0.141. The zero-order valence-electron chi connectivity index (χ0n) is 14.1. The van der Waals surface area contributed by atoms with Crippen molar-refractivity contribution in [3.05, 3.63) is 0 Å². The molecule has 0 rings (SSSR count). The molecule has 6 nitrogen and oxygen atoms in total. The maximum Gasteiger partial charge on any atom is 0.407 e. The summed E-state index contributed by atoms with van der Waals surface area (Å²) in [6, 6.07) is 0. The van der Waals surface area contributed by atoms with E-state index in [2.05, 4.69) is 27.6 Å². The van der Waals surface area contributed by atoms with Crippen LogP contribution in [0.4, 0.5) is 4.79 Å². The summed E-state index contributed by atoms with van der Waals surface area (Å²) in [5, 5.41) is 2.42. The number of hydrogen-bond acceptors (Lipinski definition) is 5. The molecule has 0 heterocycles. The van der Waals surface area contributed by atoms with E-state index < -0.39 is 15.1 Å². The molecule has 1 amide bonds. The van der Waals surface area contributed by atoms with Gasteiger partial charge in [-0.3, -0.25) is 8.74 Å². The molecule has 138 valence electrons. The third-order valence-corrected chi connectivity index (χ3v) is 4.09. The van der Waals surface area contributed by atoms with Crippen LogP contribution in [0.2, 0.25) is 0 Å². The summed E-state index contributed by atoms with van der Waals surface area (Å²) in [4.78, 5) is 11.3. The van der Waals surface area contributed by atoms with E-state index in [-0.39, 0.29) is 13.2 Å². The number of rotatable bonds is 15. The Balaban J connectivity index is 3.23. The van der Waals surface area contributed by atoms with E-state index >= 15 is 0 Å². The topological polar surface area (TPSA) is 84.9 Å². The lowest BCUT2D eigenvalue weighted by Crippen LogP contribution is -2.28. The molecule has 23 heavy (non-hydrogen) atoms. The quantitative estimate of drug-likeness (QED) is 0.427. The lowest BCUT2D eigenvalue weighted by Gasteiger charge is -2.07. The van der Waals surface area contributed by atoms with Gasteiger partial charge in [-0.05, 0) is 6.42 Å². The smallest absolute Gasteiger partial charge is 0.407 e. The molecule has 1 unspecified atom stereocenters. The van der Waals surface area contributed by atoms with Gasteiger partial charge in [-0.15, -0.1) is 0 Å². The van der Waals surface area contributed by atoms with E-state index in [4.69, 9.17) is 9.29 Å². The summed E-state index contributed by atoms with van der Waals surface area (Å²) in [6.45, 7) is 2.59. The minimum Gasteiger partial charge on any atom is -0.450 e. The lowest BCUT2D eigenvalue weighted by atomic mass is 10.1. The van der Waals surface area contributed by atoms with Gasteiger partial charge in [0.05, 0.1) is 13.2 Å². The predicted octanol–water partition coefficient (Wildman–Crippen LogP) is 3.78. The molecule has 0 aliphatic heterocycles. The predicted molar refractivity (Wildman–Crippen MR) is 95.3 cm³/mol. The van der Waals surface area contributed by atoms with Gasteiger partial charge in [0.1, 0.15) is 0 Å². The fourth-order valence-corrected chi connectivity index (χ4v) is 2.60. The highest BCUT2D eigenvalue weighted by atomic mass is 32.9. The van der Waals surface area contributed by atoms with E-state index in [1.165, 1.54) is 51.4 Å². The number of hydrogen-bond donors (Lipinski definition) is 2. The molecule has 0 saturated heterocycles. The van der Waals surface area contributed by atoms with E-state index in [0.717, 1.165) is 12.8 Å². The molecule has 0 radical (unpaired) electrons. The van der Waals surface area contributed by atoms with Gasteiger partial charge in [-0.25, -0.2) is 4.79 Å². The van der Waals surface area contributed by atoms with E-state index in [1.807, 2.05) is 0 Å². The average molecular weight is 370 g/mol. The monoisotopic (exact) mass is 369 g/mol. The van der Waals surface area contributed by atoms with Crippen molar-refractivity contribution >= 4 is 26.3 Å². The number of ether oxygens (including phenoxy) is 1. The van der Waals surface area contributed by atoms with Gasteiger partial charge in [0.15, 0.2) is 0 Å². The summed E-state index contributed by atoms with van der Waals surface area (Å²) < 4.78 is 28.7. The molecule has 0 fully saturated rings. The number of amides is 1. The standard InChI is InChI=1S/C15H31NO5S2/c1-2-3-4-5-6-7-8-9-10-11-13-20-15(17)16-12-14-21-23(18,19)22/h2-14H2,1H3,(H,16,17)(H,18,19,22). The van der Waals surface area contributed by atoms with Crippen LogP contribution in [0.3, 0.4) is 0 Å². The molecule has 2 N–H and O–H groups in total. The Morgan fingerprint density at radius 2 is 1.52 bits per heavy atom. The SMILES string of the molecule is CCCCCCCCCCCCOC(=O)NCCOS(=O)(O)=S. The first kappa shape index (κ1) is 22.6. The fourth-order valence-electron chi connectivity index (χ4n) is 2.11. The maximum absolute atomic E-state index is 11.3. The molecule has 0 aliphatic rings. The highest BCUT2D eigenvalue weighted by molar-refractivity contribution is 8.27. The highest BCUT2D eigenvalue weighted by Crippen LogP contribution is 2.10. The van der Waals surface area contributed by atoms with Crippen molar-refractivity contribution in [1.29, 1.82) is 0 Å². The largest absolute Gasteiger partial charge is 0.450 e. The number of nitrogens with one attached hydrogen (secondary N) is 1. The minimum absolute atomic E-state index is 0.0883. The van der Waals surface area contributed by atoms with Gasteiger partial charge in [-0.2, -0.15) is 4.21 Å². The third-order valence-electron chi connectivity index (χ3n) is 3.33. The Morgan fingerprint density at radius 1 is 1.00 bits per heavy atom. The molecular formula is C15H31NO5S2. The molecule has 0 spiro atoms. The summed E-state index contributed by atoms with van der Waals surface area (Å²) >= 11 is 4.14. The Morgan fingerprint density at radius 3 is 2.04 bits per heavy atom. The molecule has 0 aromatic carbocycles. The van der Waals surface area contributed by atoms with Gasteiger partial charge in [0.25, 0.3) is 9.05 Å². The third kappa shape index (κ3) is 19.5. The molecule has 1 atom stereocenters. The van der Waals surface area contributed by atoms with Crippen LogP contribution in [0.25, 0.3) is 0 Å². The van der Waals surface area contributed by atoms with Crippen LogP contribution in [0.1, 0.15) is 71.1 Å². The van der Waals surface area contributed by atoms with Crippen molar-refractivity contribution in [3.8, 4) is 0 Å². The van der Waals surface area contributed by atoms with Crippen molar-refractivity contribution in [2.75, 3.05) is 19.8 Å². The number of unbranched alkanes of at least 4 members (excludes halogenated alkanes) is 9. The van der Waals surface area contributed by atoms with Crippen molar-refractivity contribution in [3.63, 3.8) is 0 Å². The molecule has 0 aromatic rings.